The number of aryl methyl sites for hydroxylation is 1. The van der Waals surface area contributed by atoms with Gasteiger partial charge >= 0.3 is 0 Å². The molecule has 0 aliphatic heterocycles. The highest BCUT2D eigenvalue weighted by Crippen LogP contribution is 2.27. The summed E-state index contributed by atoms with van der Waals surface area (Å²) in [6, 6.07) is 16.4. The predicted molar refractivity (Wildman–Crippen MR) is 67.1 cm³/mol. The first kappa shape index (κ1) is 11.7. The number of hydrogen-bond donors (Lipinski definition) is 0. The molecule has 0 amide bonds. The fourth-order valence-corrected chi connectivity index (χ4v) is 1.59. The molecule has 0 bridgehead atoms. The topological polar surface area (TPSA) is 56.8 Å². The van der Waals surface area contributed by atoms with Gasteiger partial charge in [0.15, 0.2) is 0 Å². The highest BCUT2D eigenvalue weighted by molar-refractivity contribution is 5.50. The standard InChI is InChI=1S/C15H10N2O/c1-11-6-7-15(13(8-11)10-17)18-14-5-3-2-4-12(14)9-16/h2-8H,1H3. The lowest BCUT2D eigenvalue weighted by atomic mass is 10.1. The Morgan fingerprint density at radius 1 is 0.889 bits per heavy atom. The summed E-state index contributed by atoms with van der Waals surface area (Å²) in [5, 5.41) is 18.0. The largest absolute Gasteiger partial charge is 0.455 e. The third kappa shape index (κ3) is 2.31. The quantitative estimate of drug-likeness (QED) is 0.798. The maximum Gasteiger partial charge on any atom is 0.145 e. The first-order valence-electron chi connectivity index (χ1n) is 5.42. The van der Waals surface area contributed by atoms with E-state index >= 15 is 0 Å². The minimum absolute atomic E-state index is 0.446. The molecular formula is C15H10N2O. The highest BCUT2D eigenvalue weighted by Gasteiger charge is 2.07. The fourth-order valence-electron chi connectivity index (χ4n) is 1.59. The first-order chi connectivity index (χ1) is 8.74. The Balaban J connectivity index is 2.41. The van der Waals surface area contributed by atoms with Crippen LogP contribution in [0.1, 0.15) is 16.7 Å². The van der Waals surface area contributed by atoms with Crippen LogP contribution in [-0.2, 0) is 0 Å². The molecule has 0 saturated carbocycles. The molecule has 86 valence electrons. The van der Waals surface area contributed by atoms with Crippen LogP contribution in [0.2, 0.25) is 0 Å². The van der Waals surface area contributed by atoms with E-state index in [0.717, 1.165) is 5.56 Å². The van der Waals surface area contributed by atoms with Crippen LogP contribution in [0.3, 0.4) is 0 Å². The fraction of sp³-hybridized carbons (Fsp3) is 0.0667. The molecule has 0 aliphatic rings. The van der Waals surface area contributed by atoms with Gasteiger partial charge in [-0.15, -0.1) is 0 Å². The Morgan fingerprint density at radius 3 is 2.28 bits per heavy atom. The van der Waals surface area contributed by atoms with Crippen molar-refractivity contribution in [3.05, 3.63) is 59.2 Å². The van der Waals surface area contributed by atoms with Crippen molar-refractivity contribution in [2.75, 3.05) is 0 Å². The van der Waals surface area contributed by atoms with E-state index in [-0.39, 0.29) is 0 Å². The van der Waals surface area contributed by atoms with E-state index < -0.39 is 0 Å². The van der Waals surface area contributed by atoms with Crippen LogP contribution >= 0.6 is 0 Å². The van der Waals surface area contributed by atoms with Gasteiger partial charge in [-0.3, -0.25) is 0 Å². The Morgan fingerprint density at radius 2 is 1.56 bits per heavy atom. The van der Waals surface area contributed by atoms with Gasteiger partial charge in [0.2, 0.25) is 0 Å². The number of nitriles is 2. The van der Waals surface area contributed by atoms with Crippen LogP contribution in [0.4, 0.5) is 0 Å². The number of hydrogen-bond acceptors (Lipinski definition) is 3. The third-order valence-corrected chi connectivity index (χ3v) is 2.48. The third-order valence-electron chi connectivity index (χ3n) is 2.48. The zero-order chi connectivity index (χ0) is 13.0. The number of ether oxygens (including phenoxy) is 1. The van der Waals surface area contributed by atoms with E-state index in [1.165, 1.54) is 0 Å². The summed E-state index contributed by atoms with van der Waals surface area (Å²) in [6.45, 7) is 1.91. The molecule has 0 aromatic heterocycles. The highest BCUT2D eigenvalue weighted by atomic mass is 16.5. The van der Waals surface area contributed by atoms with Gasteiger partial charge < -0.3 is 4.74 Å². The summed E-state index contributed by atoms with van der Waals surface area (Å²) in [5.41, 5.74) is 1.90. The second kappa shape index (κ2) is 5.03. The minimum Gasteiger partial charge on any atom is -0.455 e. The van der Waals surface area contributed by atoms with Gasteiger partial charge in [0, 0.05) is 0 Å². The van der Waals surface area contributed by atoms with Crippen molar-refractivity contribution in [2.24, 2.45) is 0 Å². The molecule has 3 heteroatoms. The first-order valence-corrected chi connectivity index (χ1v) is 5.42. The Bertz CT molecular complexity index is 663. The summed E-state index contributed by atoms with van der Waals surface area (Å²) in [7, 11) is 0. The van der Waals surface area contributed by atoms with E-state index in [2.05, 4.69) is 12.1 Å². The maximum absolute atomic E-state index is 9.05. The van der Waals surface area contributed by atoms with Crippen molar-refractivity contribution in [3.63, 3.8) is 0 Å². The van der Waals surface area contributed by atoms with Crippen molar-refractivity contribution in [1.29, 1.82) is 10.5 Å². The zero-order valence-corrected chi connectivity index (χ0v) is 9.84. The van der Waals surface area contributed by atoms with Gasteiger partial charge in [0.05, 0.1) is 11.1 Å². The van der Waals surface area contributed by atoms with Crippen LogP contribution in [0.5, 0.6) is 11.5 Å². The molecule has 2 aromatic carbocycles. The molecule has 2 aromatic rings. The monoisotopic (exact) mass is 234 g/mol. The molecule has 0 saturated heterocycles. The summed E-state index contributed by atoms with van der Waals surface area (Å²) in [4.78, 5) is 0. The van der Waals surface area contributed by atoms with Crippen molar-refractivity contribution >= 4 is 0 Å². The lowest BCUT2D eigenvalue weighted by Crippen LogP contribution is -1.91. The summed E-state index contributed by atoms with van der Waals surface area (Å²) >= 11 is 0. The van der Waals surface area contributed by atoms with Crippen LogP contribution in [0.15, 0.2) is 42.5 Å². The number of para-hydroxylation sites is 1. The van der Waals surface area contributed by atoms with Crippen molar-refractivity contribution < 1.29 is 4.74 Å². The molecule has 0 fully saturated rings. The molecule has 3 nitrogen and oxygen atoms in total. The molecule has 0 radical (unpaired) electrons. The van der Waals surface area contributed by atoms with E-state index in [1.54, 1.807) is 36.4 Å². The van der Waals surface area contributed by atoms with Crippen LogP contribution in [-0.4, -0.2) is 0 Å². The summed E-state index contributed by atoms with van der Waals surface area (Å²) in [5.74, 6) is 0.922. The second-order valence-electron chi connectivity index (χ2n) is 3.82. The molecule has 0 aliphatic carbocycles. The SMILES string of the molecule is Cc1ccc(Oc2ccccc2C#N)c(C#N)c1. The lowest BCUT2D eigenvalue weighted by molar-refractivity contribution is 0.479. The normalized spacial score (nSPS) is 9.28. The molecule has 0 unspecified atom stereocenters. The van der Waals surface area contributed by atoms with Crippen molar-refractivity contribution in [3.8, 4) is 23.6 Å². The van der Waals surface area contributed by atoms with Gasteiger partial charge in [0.25, 0.3) is 0 Å². The Kier molecular flexibility index (Phi) is 3.27. The molecule has 18 heavy (non-hydrogen) atoms. The zero-order valence-electron chi connectivity index (χ0n) is 9.84. The van der Waals surface area contributed by atoms with E-state index in [4.69, 9.17) is 15.3 Å². The average Bonchev–Trinajstić information content (AvgIpc) is 2.41. The van der Waals surface area contributed by atoms with Crippen LogP contribution in [0, 0.1) is 29.6 Å². The molecule has 0 atom stereocenters. The smallest absolute Gasteiger partial charge is 0.145 e. The predicted octanol–water partition coefficient (Wildman–Crippen LogP) is 3.53. The van der Waals surface area contributed by atoms with Gasteiger partial charge in [-0.05, 0) is 36.8 Å². The molecular weight excluding hydrogens is 224 g/mol. The van der Waals surface area contributed by atoms with Crippen LogP contribution in [0.25, 0.3) is 0 Å². The second-order valence-corrected chi connectivity index (χ2v) is 3.82. The Hall–Kier alpha value is -2.78. The average molecular weight is 234 g/mol. The van der Waals surface area contributed by atoms with E-state index in [1.807, 2.05) is 13.0 Å². The van der Waals surface area contributed by atoms with Crippen molar-refractivity contribution in [1.82, 2.24) is 0 Å². The lowest BCUT2D eigenvalue weighted by Gasteiger charge is -2.09. The van der Waals surface area contributed by atoms with Crippen molar-refractivity contribution in [2.45, 2.75) is 6.92 Å². The minimum atomic E-state index is 0.446. The molecule has 0 spiro atoms. The molecule has 0 heterocycles. The van der Waals surface area contributed by atoms with Gasteiger partial charge in [-0.2, -0.15) is 10.5 Å². The van der Waals surface area contributed by atoms with E-state index in [9.17, 15) is 0 Å². The molecule has 2 rings (SSSR count). The van der Waals surface area contributed by atoms with Gasteiger partial charge in [0.1, 0.15) is 23.6 Å². The maximum atomic E-state index is 9.05. The number of nitrogens with zero attached hydrogens (tertiary/aromatic N) is 2. The summed E-state index contributed by atoms with van der Waals surface area (Å²) in [6.07, 6.45) is 0. The number of rotatable bonds is 2. The summed E-state index contributed by atoms with van der Waals surface area (Å²) < 4.78 is 5.63. The molecule has 0 N–H and O–H groups in total. The van der Waals surface area contributed by atoms with E-state index in [0.29, 0.717) is 22.6 Å². The number of benzene rings is 2. The Labute approximate surface area is 105 Å². The van der Waals surface area contributed by atoms with Gasteiger partial charge in [-0.1, -0.05) is 18.2 Å². The van der Waals surface area contributed by atoms with Gasteiger partial charge in [-0.25, -0.2) is 0 Å². The van der Waals surface area contributed by atoms with Crippen LogP contribution < -0.4 is 4.74 Å².